The second kappa shape index (κ2) is 5.09. The third-order valence-corrected chi connectivity index (χ3v) is 1.82. The molecule has 0 aromatic rings. The molecule has 7 heteroatoms. The van der Waals surface area contributed by atoms with Crippen molar-refractivity contribution in [3.63, 3.8) is 0 Å². The van der Waals surface area contributed by atoms with E-state index >= 15 is 0 Å². The molecule has 0 aromatic heterocycles. The minimum atomic E-state index is -0.413. The molecule has 1 aliphatic rings. The van der Waals surface area contributed by atoms with Crippen LogP contribution >= 0.6 is 0 Å². The first-order valence-corrected chi connectivity index (χ1v) is 3.92. The first-order valence-electron chi connectivity index (χ1n) is 3.92. The van der Waals surface area contributed by atoms with Crippen LogP contribution in [0.5, 0.6) is 0 Å². The van der Waals surface area contributed by atoms with Crippen molar-refractivity contribution < 1.29 is 14.6 Å². The summed E-state index contributed by atoms with van der Waals surface area (Å²) in [6.45, 7) is -0.206. The van der Waals surface area contributed by atoms with Gasteiger partial charge in [0.15, 0.2) is 0 Å². The molecule has 0 unspecified atom stereocenters. The van der Waals surface area contributed by atoms with E-state index in [0.29, 0.717) is 6.42 Å². The lowest BCUT2D eigenvalue weighted by atomic mass is 9.96. The van der Waals surface area contributed by atoms with Crippen molar-refractivity contribution in [3.05, 3.63) is 10.4 Å². The summed E-state index contributed by atoms with van der Waals surface area (Å²) in [7, 11) is 5.48. The van der Waals surface area contributed by atoms with E-state index in [1.807, 2.05) is 0 Å². The van der Waals surface area contributed by atoms with Crippen LogP contribution in [-0.4, -0.2) is 44.5 Å². The number of aliphatic hydroxyl groups is 1. The van der Waals surface area contributed by atoms with Crippen molar-refractivity contribution in [2.45, 2.75) is 24.6 Å². The average molecular weight is 183 g/mol. The molecular formula is C6H10BN3O3. The molecule has 13 heavy (non-hydrogen) atoms. The molecule has 0 aliphatic carbocycles. The van der Waals surface area contributed by atoms with Gasteiger partial charge in [-0.2, -0.15) is 0 Å². The zero-order chi connectivity index (χ0) is 9.68. The van der Waals surface area contributed by atoms with Gasteiger partial charge in [-0.05, 0) is 12.0 Å². The summed E-state index contributed by atoms with van der Waals surface area (Å²) in [6.07, 6.45) is -0.194. The number of azide groups is 1. The van der Waals surface area contributed by atoms with Gasteiger partial charge in [-0.3, -0.25) is 0 Å². The molecule has 1 fully saturated rings. The maximum absolute atomic E-state index is 8.85. The Kier molecular flexibility index (Phi) is 4.04. The number of ether oxygens (including phenoxy) is 2. The second-order valence-electron chi connectivity index (χ2n) is 2.70. The molecule has 0 spiro atoms. The van der Waals surface area contributed by atoms with E-state index in [9.17, 15) is 0 Å². The van der Waals surface area contributed by atoms with Crippen LogP contribution in [0.25, 0.3) is 10.4 Å². The van der Waals surface area contributed by atoms with Gasteiger partial charge in [-0.1, -0.05) is 5.11 Å². The fourth-order valence-corrected chi connectivity index (χ4v) is 1.24. The molecule has 0 bridgehead atoms. The molecule has 0 aromatic carbocycles. The summed E-state index contributed by atoms with van der Waals surface area (Å²) in [4.78, 5) is 2.53. The van der Waals surface area contributed by atoms with Crippen LogP contribution in [0.3, 0.4) is 0 Å². The number of nitrogens with zero attached hydrogens (tertiary/aromatic N) is 3. The number of hydrogen-bond donors (Lipinski definition) is 1. The standard InChI is InChI=1S/C6H10BN3O3/c7-6-1-4(5(2-11)13-6)12-3-9-10-8/h4-6,11H,1-3H2/t4-,5-,6-/m1/s1. The maximum Gasteiger partial charge on any atom is 0.126 e. The fraction of sp³-hybridized carbons (Fsp3) is 1.00. The molecule has 6 nitrogen and oxygen atoms in total. The minimum Gasteiger partial charge on any atom is -0.394 e. The summed E-state index contributed by atoms with van der Waals surface area (Å²) in [5.41, 5.74) is 7.99. The second-order valence-corrected chi connectivity index (χ2v) is 2.70. The van der Waals surface area contributed by atoms with Crippen LogP contribution in [-0.2, 0) is 9.47 Å². The van der Waals surface area contributed by atoms with Crippen molar-refractivity contribution in [1.29, 1.82) is 0 Å². The highest BCUT2D eigenvalue weighted by molar-refractivity contribution is 6.11. The number of rotatable bonds is 4. The van der Waals surface area contributed by atoms with Crippen LogP contribution in [0.1, 0.15) is 6.42 Å². The molecule has 1 rings (SSSR count). The molecule has 1 aliphatic heterocycles. The van der Waals surface area contributed by atoms with Crippen molar-refractivity contribution >= 4 is 7.85 Å². The summed E-state index contributed by atoms with van der Waals surface area (Å²) >= 11 is 0. The van der Waals surface area contributed by atoms with Crippen LogP contribution in [0, 0.1) is 0 Å². The van der Waals surface area contributed by atoms with Crippen LogP contribution in [0.4, 0.5) is 0 Å². The lowest BCUT2D eigenvalue weighted by Crippen LogP contribution is -2.27. The zero-order valence-electron chi connectivity index (χ0n) is 7.04. The van der Waals surface area contributed by atoms with Crippen LogP contribution in [0.2, 0.25) is 0 Å². The molecule has 3 atom stereocenters. The highest BCUT2D eigenvalue weighted by Crippen LogP contribution is 2.20. The van der Waals surface area contributed by atoms with Crippen molar-refractivity contribution in [2.24, 2.45) is 5.11 Å². The maximum atomic E-state index is 8.85. The summed E-state index contributed by atoms with van der Waals surface area (Å²) in [5.74, 6) is 0. The fourth-order valence-electron chi connectivity index (χ4n) is 1.24. The van der Waals surface area contributed by atoms with Gasteiger partial charge in [0.25, 0.3) is 0 Å². The van der Waals surface area contributed by atoms with Crippen molar-refractivity contribution in [2.75, 3.05) is 13.3 Å². The van der Waals surface area contributed by atoms with E-state index < -0.39 is 12.1 Å². The van der Waals surface area contributed by atoms with E-state index in [4.69, 9.17) is 28.0 Å². The molecule has 2 radical (unpaired) electrons. The summed E-state index contributed by atoms with van der Waals surface area (Å²) in [6, 6.07) is -0.409. The van der Waals surface area contributed by atoms with Gasteiger partial charge in [-0.15, -0.1) is 0 Å². The Balaban J connectivity index is 2.34. The van der Waals surface area contributed by atoms with Gasteiger partial charge >= 0.3 is 0 Å². The SMILES string of the molecule is [B][C@H]1C[C@@H](OCN=[N+]=[N-])[C@@H](CO)O1. The lowest BCUT2D eigenvalue weighted by Gasteiger charge is -2.15. The Hall–Kier alpha value is -0.745. The van der Waals surface area contributed by atoms with Crippen molar-refractivity contribution in [3.8, 4) is 0 Å². The van der Waals surface area contributed by atoms with Gasteiger partial charge < -0.3 is 14.6 Å². The first kappa shape index (κ1) is 10.3. The molecule has 0 saturated carbocycles. The minimum absolute atomic E-state index is 0.0618. The number of hydrogen-bond acceptors (Lipinski definition) is 4. The predicted molar refractivity (Wildman–Crippen MR) is 45.0 cm³/mol. The Morgan fingerprint density at radius 2 is 2.54 bits per heavy atom. The highest BCUT2D eigenvalue weighted by Gasteiger charge is 2.32. The Bertz CT molecular complexity index is 209. The number of aliphatic hydroxyl groups excluding tert-OH is 1. The van der Waals surface area contributed by atoms with E-state index in [2.05, 4.69) is 10.0 Å². The van der Waals surface area contributed by atoms with E-state index in [0.717, 1.165) is 0 Å². The third-order valence-electron chi connectivity index (χ3n) is 1.82. The molecule has 0 amide bonds. The van der Waals surface area contributed by atoms with Gasteiger partial charge in [-0.25, -0.2) is 0 Å². The molecular weight excluding hydrogens is 173 g/mol. The molecule has 1 heterocycles. The quantitative estimate of drug-likeness (QED) is 0.286. The van der Waals surface area contributed by atoms with E-state index in [1.54, 1.807) is 0 Å². The Morgan fingerprint density at radius 3 is 3.15 bits per heavy atom. The van der Waals surface area contributed by atoms with Gasteiger partial charge in [0, 0.05) is 10.9 Å². The van der Waals surface area contributed by atoms with E-state index in [-0.39, 0.29) is 19.4 Å². The average Bonchev–Trinajstić information content (AvgIpc) is 2.47. The van der Waals surface area contributed by atoms with Gasteiger partial charge in [0.05, 0.1) is 12.7 Å². The molecule has 1 saturated heterocycles. The molecule has 70 valence electrons. The molecule has 1 N–H and O–H groups in total. The van der Waals surface area contributed by atoms with Crippen molar-refractivity contribution in [1.82, 2.24) is 0 Å². The smallest absolute Gasteiger partial charge is 0.126 e. The normalized spacial score (nSPS) is 32.8. The van der Waals surface area contributed by atoms with E-state index in [1.165, 1.54) is 0 Å². The lowest BCUT2D eigenvalue weighted by molar-refractivity contribution is -0.0354. The van der Waals surface area contributed by atoms with Gasteiger partial charge in [0.1, 0.15) is 20.7 Å². The summed E-state index contributed by atoms with van der Waals surface area (Å²) < 4.78 is 10.3. The summed E-state index contributed by atoms with van der Waals surface area (Å²) in [5, 5.41) is 12.1. The topological polar surface area (TPSA) is 87.5 Å². The Labute approximate surface area is 76.9 Å². The first-order chi connectivity index (χ1) is 6.27. The van der Waals surface area contributed by atoms with Gasteiger partial charge in [0.2, 0.25) is 0 Å². The third kappa shape index (κ3) is 2.89. The van der Waals surface area contributed by atoms with Crippen LogP contribution in [0.15, 0.2) is 5.11 Å². The van der Waals surface area contributed by atoms with Crippen LogP contribution < -0.4 is 0 Å². The predicted octanol–water partition coefficient (Wildman–Crippen LogP) is -0.0848. The highest BCUT2D eigenvalue weighted by atomic mass is 16.6. The zero-order valence-corrected chi connectivity index (χ0v) is 7.04. The Morgan fingerprint density at radius 1 is 1.77 bits per heavy atom. The monoisotopic (exact) mass is 183 g/mol. The largest absolute Gasteiger partial charge is 0.394 e.